The first kappa shape index (κ1) is 64.4. The summed E-state index contributed by atoms with van der Waals surface area (Å²) in [6.07, 6.45) is 7.03. The summed E-state index contributed by atoms with van der Waals surface area (Å²) >= 11 is 0. The third-order valence-corrected chi connectivity index (χ3v) is 13.9. The summed E-state index contributed by atoms with van der Waals surface area (Å²) in [5.41, 5.74) is 2.09. The minimum atomic E-state index is -4.88. The van der Waals surface area contributed by atoms with Crippen molar-refractivity contribution in [2.45, 2.75) is 62.7 Å². The maximum atomic E-state index is 12.2. The minimum absolute atomic E-state index is 0. The van der Waals surface area contributed by atoms with Crippen molar-refractivity contribution in [2.75, 3.05) is 102 Å². The van der Waals surface area contributed by atoms with Crippen LogP contribution in [0.2, 0.25) is 0 Å². The number of ether oxygens (including phenoxy) is 5. The minimum Gasteiger partial charge on any atom is -0.748 e. The van der Waals surface area contributed by atoms with E-state index < -0.39 is 70.0 Å². The van der Waals surface area contributed by atoms with Crippen LogP contribution < -0.4 is 73.9 Å². The van der Waals surface area contributed by atoms with Crippen LogP contribution >= 0.6 is 0 Å². The molecule has 1 fully saturated rings. The van der Waals surface area contributed by atoms with E-state index in [2.05, 4.69) is 0 Å². The van der Waals surface area contributed by atoms with Crippen molar-refractivity contribution in [1.29, 1.82) is 0 Å². The number of benzene rings is 2. The van der Waals surface area contributed by atoms with Gasteiger partial charge in [-0.25, -0.2) is 34.6 Å². The largest absolute Gasteiger partial charge is 1.00 e. The van der Waals surface area contributed by atoms with Crippen molar-refractivity contribution in [2.24, 2.45) is 0 Å². The molecule has 0 radical (unpaired) electrons. The number of hydroxylamine groups is 2. The number of hydrogen-bond donors (Lipinski definition) is 0. The molecule has 0 aromatic heterocycles. The summed E-state index contributed by atoms with van der Waals surface area (Å²) in [6, 6.07) is 11.3. The normalized spacial score (nSPS) is 17.1. The first-order chi connectivity index (χ1) is 33.7. The molecule has 0 saturated carbocycles. The number of anilines is 1. The Morgan fingerprint density at radius 2 is 1.34 bits per heavy atom. The van der Waals surface area contributed by atoms with Gasteiger partial charge in [-0.3, -0.25) is 9.59 Å². The van der Waals surface area contributed by atoms with Gasteiger partial charge in [0.1, 0.15) is 29.0 Å². The Bertz CT molecular complexity index is 2750. The Morgan fingerprint density at radius 1 is 0.767 bits per heavy atom. The SMILES string of the molecule is CC[N+](CCCS(=O)(=O)[O-])=c1ccc2c(/C=C/C=C3/N(CCOCCOCCOCCOCCOCCC(=O)ON4C(=O)CCC4=O)c4ccc(S(=O)(=O)[O-])cc4C3(C)CCCS(=O)(=O)[O-])ccoc-2c1.[Na+].[Na+]. The van der Waals surface area contributed by atoms with E-state index in [1.165, 1.54) is 24.5 Å². The van der Waals surface area contributed by atoms with Gasteiger partial charge in [-0.2, -0.15) is 0 Å². The van der Waals surface area contributed by atoms with Crippen molar-refractivity contribution in [3.05, 3.63) is 83.1 Å². The van der Waals surface area contributed by atoms with Gasteiger partial charge in [-0.15, -0.1) is 5.06 Å². The molecule has 22 nitrogen and oxygen atoms in total. The molecular formula is C46H59N3Na2O19S3. The molecule has 392 valence electrons. The van der Waals surface area contributed by atoms with E-state index in [0.29, 0.717) is 47.5 Å². The van der Waals surface area contributed by atoms with Crippen molar-refractivity contribution in [3.8, 4) is 11.3 Å². The predicted octanol–water partition coefficient (Wildman–Crippen LogP) is -3.90. The van der Waals surface area contributed by atoms with Crippen LogP contribution in [0.5, 0.6) is 0 Å². The molecule has 73 heavy (non-hydrogen) atoms. The Hall–Kier alpha value is -2.93. The van der Waals surface area contributed by atoms with Crippen LogP contribution in [0.3, 0.4) is 0 Å². The molecule has 0 spiro atoms. The molecule has 1 aromatic carbocycles. The van der Waals surface area contributed by atoms with Crippen molar-refractivity contribution in [1.82, 2.24) is 9.64 Å². The second-order valence-electron chi connectivity index (χ2n) is 16.5. The topological polar surface area (TPSA) is 301 Å². The molecule has 3 heterocycles. The third kappa shape index (κ3) is 20.5. The smallest absolute Gasteiger partial charge is 0.748 e. The van der Waals surface area contributed by atoms with E-state index in [4.69, 9.17) is 32.9 Å². The average molecular weight is 1100 g/mol. The fourth-order valence-electron chi connectivity index (χ4n) is 8.00. The van der Waals surface area contributed by atoms with E-state index in [1.54, 1.807) is 25.1 Å². The molecule has 0 bridgehead atoms. The molecule has 1 aliphatic carbocycles. The van der Waals surface area contributed by atoms with Gasteiger partial charge in [-0.1, -0.05) is 12.2 Å². The third-order valence-electron chi connectivity index (χ3n) is 11.5. The molecule has 2 amide bonds. The number of hydrogen-bond acceptors (Lipinski definition) is 20. The number of carbonyl (C=O) groups excluding carboxylic acids is 3. The fourth-order valence-corrected chi connectivity index (χ4v) is 9.47. The van der Waals surface area contributed by atoms with Crippen LogP contribution in [0.1, 0.15) is 63.5 Å². The van der Waals surface area contributed by atoms with Crippen molar-refractivity contribution in [3.63, 3.8) is 0 Å². The van der Waals surface area contributed by atoms with Crippen molar-refractivity contribution >= 4 is 59.9 Å². The molecule has 1 unspecified atom stereocenters. The Morgan fingerprint density at radius 3 is 1.92 bits per heavy atom. The van der Waals surface area contributed by atoms with Gasteiger partial charge in [0.05, 0.1) is 110 Å². The van der Waals surface area contributed by atoms with Gasteiger partial charge in [0.2, 0.25) is 5.36 Å². The molecule has 1 saturated heterocycles. The molecule has 5 rings (SSSR count). The van der Waals surface area contributed by atoms with E-state index in [9.17, 15) is 53.3 Å². The van der Waals surface area contributed by atoms with Crippen LogP contribution in [0, 0.1) is 0 Å². The van der Waals surface area contributed by atoms with E-state index in [1.807, 2.05) is 40.7 Å². The second-order valence-corrected chi connectivity index (χ2v) is 20.9. The number of nitrogens with zero attached hydrogens (tertiary/aromatic N) is 3. The molecule has 0 N–H and O–H groups in total. The first-order valence-corrected chi connectivity index (χ1v) is 27.5. The number of fused-ring (bicyclic) bond motifs is 2. The maximum absolute atomic E-state index is 12.2. The van der Waals surface area contributed by atoms with Crippen LogP contribution in [0.25, 0.3) is 17.4 Å². The number of amides is 2. The monoisotopic (exact) mass is 1100 g/mol. The Balaban J connectivity index is 0.00000703. The van der Waals surface area contributed by atoms with E-state index in [0.717, 1.165) is 16.5 Å². The number of allylic oxidation sites excluding steroid dienone is 3. The molecular weight excluding hydrogens is 1040 g/mol. The Kier molecular flexibility index (Phi) is 27.1. The zero-order valence-electron chi connectivity index (χ0n) is 41.5. The summed E-state index contributed by atoms with van der Waals surface area (Å²) in [6.45, 7) is 7.10. The summed E-state index contributed by atoms with van der Waals surface area (Å²) in [7, 11) is -13.8. The molecule has 1 aromatic rings. The van der Waals surface area contributed by atoms with Gasteiger partial charge < -0.3 is 51.5 Å². The quantitative estimate of drug-likeness (QED) is 0.0196. The summed E-state index contributed by atoms with van der Waals surface area (Å²) < 4.78 is 141. The van der Waals surface area contributed by atoms with Crippen LogP contribution in [-0.4, -0.2) is 159 Å². The molecule has 1 atom stereocenters. The average Bonchev–Trinajstić information content (AvgIpc) is 3.74. The molecule has 27 heteroatoms. The number of imide groups is 1. The standard InChI is InChI=1S/C46H61N3O19S3.2Na/c1-3-47(18-6-32-70(56,57)58)36-9-11-38-35(15-21-67-41(38)33-36)7-4-8-42-46(2,17-5-31-69(53,54)55)39-34-37(71(59,60)61)10-12-40(39)48(42)19-22-63-24-26-65-28-30-66-29-27-64-25-23-62-20-16-45(52)68-49-43(50)13-14-44(49)51;;/h4,7-12,15,21,33-34H,3,5-6,13-14,16-20,22-32H2,1-2H3,(H2-,53,54,55,56,57,58,59,60,61);;/q;2*+1/p-2. The summed E-state index contributed by atoms with van der Waals surface area (Å²) in [5.74, 6) is -2.46. The fraction of sp³-hybridized carbons (Fsp3) is 0.522. The van der Waals surface area contributed by atoms with Gasteiger partial charge >= 0.3 is 65.1 Å². The number of rotatable bonds is 31. The van der Waals surface area contributed by atoms with Gasteiger partial charge in [-0.05, 0) is 74.2 Å². The van der Waals surface area contributed by atoms with E-state index in [-0.39, 0.29) is 164 Å². The Labute approximate surface area is 470 Å². The second kappa shape index (κ2) is 30.7. The summed E-state index contributed by atoms with van der Waals surface area (Å²) in [4.78, 5) is 41.0. The van der Waals surface area contributed by atoms with Crippen LogP contribution in [0.15, 0.2) is 75.9 Å². The maximum Gasteiger partial charge on any atom is 1.00 e. The molecule has 3 aliphatic heterocycles. The predicted molar refractivity (Wildman–Crippen MR) is 251 cm³/mol. The van der Waals surface area contributed by atoms with Crippen LogP contribution in [0.4, 0.5) is 5.69 Å². The summed E-state index contributed by atoms with van der Waals surface area (Å²) in [5, 5.41) is 1.25. The van der Waals surface area contributed by atoms with Gasteiger partial charge in [0.15, 0.2) is 0 Å². The zero-order valence-corrected chi connectivity index (χ0v) is 48.0. The first-order valence-electron chi connectivity index (χ1n) is 22.9. The zero-order chi connectivity index (χ0) is 51.7. The van der Waals surface area contributed by atoms with Gasteiger partial charge in [0, 0.05) is 65.7 Å². The van der Waals surface area contributed by atoms with E-state index >= 15 is 0 Å². The van der Waals surface area contributed by atoms with Crippen molar-refractivity contribution < 1.29 is 145 Å². The number of carbonyl (C=O) groups is 3. The molecule has 4 aliphatic rings. The van der Waals surface area contributed by atoms with Gasteiger partial charge in [0.25, 0.3) is 11.8 Å². The van der Waals surface area contributed by atoms with Crippen LogP contribution in [-0.2, 0) is 78.7 Å².